The van der Waals surface area contributed by atoms with Crippen molar-refractivity contribution in [3.63, 3.8) is 0 Å². The first-order valence-electron chi connectivity index (χ1n) is 8.46. The molecule has 0 aliphatic carbocycles. The van der Waals surface area contributed by atoms with Crippen LogP contribution in [0.5, 0.6) is 0 Å². The maximum Gasteiger partial charge on any atom is 0.216 e. The second-order valence-corrected chi connectivity index (χ2v) is 20.9. The summed E-state index contributed by atoms with van der Waals surface area (Å²) < 4.78 is 13.4. The van der Waals surface area contributed by atoms with Crippen LogP contribution in [-0.4, -0.2) is 35.7 Å². The third kappa shape index (κ3) is 5.30. The minimum Gasteiger partial charge on any atom is -0.414 e. The van der Waals surface area contributed by atoms with Crippen LogP contribution < -0.4 is 0 Å². The zero-order valence-electron chi connectivity index (χ0n) is 16.4. The van der Waals surface area contributed by atoms with Gasteiger partial charge in [-0.15, -0.1) is 13.2 Å². The van der Waals surface area contributed by atoms with Crippen LogP contribution in [0.25, 0.3) is 0 Å². The average molecular weight is 359 g/mol. The summed E-state index contributed by atoms with van der Waals surface area (Å²) in [5.41, 5.74) is 4.48. The summed E-state index contributed by atoms with van der Waals surface area (Å²) in [7, 11) is -5.45. The SMILES string of the molecule is C=C[Si](C)(C)O[C@@](C)(CC)[Si](C)(C)OC(CC)[Si](C)(C)C=C. The Balaban J connectivity index is 5.47. The van der Waals surface area contributed by atoms with Crippen LogP contribution in [0, 0.1) is 0 Å². The second-order valence-electron chi connectivity index (χ2n) is 8.04. The van der Waals surface area contributed by atoms with E-state index in [1.54, 1.807) is 0 Å². The van der Waals surface area contributed by atoms with Gasteiger partial charge in [0.05, 0.1) is 5.22 Å². The van der Waals surface area contributed by atoms with Gasteiger partial charge in [-0.05, 0) is 46.0 Å². The molecule has 0 aliphatic rings. The molecule has 0 fully saturated rings. The van der Waals surface area contributed by atoms with Crippen molar-refractivity contribution in [2.75, 3.05) is 0 Å². The van der Waals surface area contributed by atoms with E-state index >= 15 is 0 Å². The lowest BCUT2D eigenvalue weighted by molar-refractivity contribution is 0.110. The molecule has 0 aromatic carbocycles. The number of rotatable bonds is 10. The van der Waals surface area contributed by atoms with Gasteiger partial charge in [-0.1, -0.05) is 38.3 Å². The van der Waals surface area contributed by atoms with Crippen LogP contribution in [0.3, 0.4) is 0 Å². The summed E-state index contributed by atoms with van der Waals surface area (Å²) in [5.74, 6) is 0. The zero-order valence-corrected chi connectivity index (χ0v) is 19.4. The Labute approximate surface area is 142 Å². The molecule has 0 aliphatic heterocycles. The van der Waals surface area contributed by atoms with E-state index in [9.17, 15) is 0 Å². The van der Waals surface area contributed by atoms with E-state index in [2.05, 4.69) is 78.9 Å². The van der Waals surface area contributed by atoms with Gasteiger partial charge in [0.15, 0.2) is 0 Å². The minimum atomic E-state index is -2.04. The molecule has 0 aromatic heterocycles. The summed E-state index contributed by atoms with van der Waals surface area (Å²) in [6, 6.07) is 0. The molecule has 0 N–H and O–H groups in total. The lowest BCUT2D eigenvalue weighted by Gasteiger charge is -2.48. The highest BCUT2D eigenvalue weighted by molar-refractivity contribution is 6.85. The van der Waals surface area contributed by atoms with E-state index in [1.165, 1.54) is 0 Å². The molecule has 5 heteroatoms. The fourth-order valence-corrected chi connectivity index (χ4v) is 11.2. The van der Waals surface area contributed by atoms with Gasteiger partial charge in [-0.2, -0.15) is 0 Å². The fraction of sp³-hybridized carbons (Fsp3) is 0.765. The summed E-state index contributed by atoms with van der Waals surface area (Å²) in [6.45, 7) is 28.4. The van der Waals surface area contributed by atoms with Crippen molar-refractivity contribution in [1.82, 2.24) is 0 Å². The highest BCUT2D eigenvalue weighted by atomic mass is 28.4. The van der Waals surface area contributed by atoms with Crippen LogP contribution in [0.1, 0.15) is 33.6 Å². The highest BCUT2D eigenvalue weighted by Crippen LogP contribution is 2.35. The predicted octanol–water partition coefficient (Wildman–Crippen LogP) is 5.61. The molecule has 2 nitrogen and oxygen atoms in total. The van der Waals surface area contributed by atoms with Crippen molar-refractivity contribution in [2.45, 2.75) is 83.8 Å². The van der Waals surface area contributed by atoms with Gasteiger partial charge in [-0.25, -0.2) is 0 Å². The predicted molar refractivity (Wildman–Crippen MR) is 108 cm³/mol. The largest absolute Gasteiger partial charge is 0.414 e. The normalized spacial score (nSPS) is 17.7. The Morgan fingerprint density at radius 3 is 1.82 bits per heavy atom. The first kappa shape index (κ1) is 22.1. The summed E-state index contributed by atoms with van der Waals surface area (Å²) in [4.78, 5) is 0. The maximum absolute atomic E-state index is 6.78. The summed E-state index contributed by atoms with van der Waals surface area (Å²) in [5, 5.41) is -0.185. The third-order valence-electron chi connectivity index (χ3n) is 5.09. The van der Waals surface area contributed by atoms with E-state index in [1.807, 2.05) is 5.70 Å². The summed E-state index contributed by atoms with van der Waals surface area (Å²) >= 11 is 0. The number of hydrogen-bond donors (Lipinski definition) is 0. The molecule has 0 amide bonds. The van der Waals surface area contributed by atoms with Crippen LogP contribution in [-0.2, 0) is 8.85 Å². The molecule has 130 valence electrons. The van der Waals surface area contributed by atoms with E-state index in [0.29, 0.717) is 5.73 Å². The molecule has 0 saturated carbocycles. The van der Waals surface area contributed by atoms with E-state index in [0.717, 1.165) is 12.8 Å². The molecule has 1 unspecified atom stereocenters. The lowest BCUT2D eigenvalue weighted by Crippen LogP contribution is -2.63. The molecule has 0 rings (SSSR count). The van der Waals surface area contributed by atoms with Gasteiger partial charge in [0.25, 0.3) is 0 Å². The smallest absolute Gasteiger partial charge is 0.216 e. The molecule has 0 aromatic rings. The first-order valence-corrected chi connectivity index (χ1v) is 17.5. The van der Waals surface area contributed by atoms with Crippen molar-refractivity contribution in [2.24, 2.45) is 0 Å². The Hall–Kier alpha value is 0.0506. The monoisotopic (exact) mass is 358 g/mol. The van der Waals surface area contributed by atoms with Gasteiger partial charge >= 0.3 is 0 Å². The minimum absolute atomic E-state index is 0.185. The van der Waals surface area contributed by atoms with Crippen LogP contribution in [0.15, 0.2) is 24.6 Å². The second kappa shape index (κ2) is 7.75. The standard InChI is InChI=1S/C17H38O2Si3/c1-12-16(20(6,7)14-3)18-22(10,11)17(5,13-2)19-21(8,9)15-4/h14-16H,3-4,12-13H2,1-2,5-11H3/t16?,17-/m1/s1. The average Bonchev–Trinajstić information content (AvgIpc) is 2.43. The van der Waals surface area contributed by atoms with Crippen molar-refractivity contribution in [3.05, 3.63) is 24.6 Å². The van der Waals surface area contributed by atoms with E-state index in [-0.39, 0.29) is 5.22 Å². The molecular weight excluding hydrogens is 320 g/mol. The van der Waals surface area contributed by atoms with Gasteiger partial charge < -0.3 is 8.85 Å². The molecule has 0 heterocycles. The molecule has 2 atom stereocenters. The molecular formula is C17H38O2Si3. The Kier molecular flexibility index (Phi) is 7.77. The van der Waals surface area contributed by atoms with Gasteiger partial charge in [0, 0.05) is 5.73 Å². The molecule has 0 spiro atoms. The molecule has 0 saturated heterocycles. The van der Waals surface area contributed by atoms with Crippen molar-refractivity contribution < 1.29 is 8.85 Å². The third-order valence-corrected chi connectivity index (χ3v) is 14.6. The van der Waals surface area contributed by atoms with Crippen LogP contribution in [0.2, 0.25) is 39.3 Å². The highest BCUT2D eigenvalue weighted by Gasteiger charge is 2.49. The van der Waals surface area contributed by atoms with Crippen LogP contribution >= 0.6 is 0 Å². The lowest BCUT2D eigenvalue weighted by atomic mass is 10.3. The Bertz CT molecular complexity index is 391. The first-order chi connectivity index (χ1) is 9.80. The molecule has 0 radical (unpaired) electrons. The number of hydrogen-bond acceptors (Lipinski definition) is 2. The van der Waals surface area contributed by atoms with Gasteiger partial charge in [0.1, 0.15) is 8.07 Å². The van der Waals surface area contributed by atoms with Crippen LogP contribution in [0.4, 0.5) is 0 Å². The maximum atomic E-state index is 6.78. The topological polar surface area (TPSA) is 18.5 Å². The zero-order chi connectivity index (χ0) is 17.8. The Morgan fingerprint density at radius 2 is 1.50 bits per heavy atom. The van der Waals surface area contributed by atoms with Crippen molar-refractivity contribution in [3.8, 4) is 0 Å². The summed E-state index contributed by atoms with van der Waals surface area (Å²) in [6.07, 6.45) is 2.02. The van der Waals surface area contributed by atoms with E-state index in [4.69, 9.17) is 8.85 Å². The quantitative estimate of drug-likeness (QED) is 0.472. The van der Waals surface area contributed by atoms with E-state index < -0.39 is 24.7 Å². The van der Waals surface area contributed by atoms with Crippen molar-refractivity contribution in [1.29, 1.82) is 0 Å². The molecule has 0 bridgehead atoms. The molecule has 22 heavy (non-hydrogen) atoms. The van der Waals surface area contributed by atoms with Gasteiger partial charge in [-0.3, -0.25) is 0 Å². The Morgan fingerprint density at radius 1 is 1.00 bits per heavy atom. The van der Waals surface area contributed by atoms with Gasteiger partial charge in [0.2, 0.25) is 16.6 Å². The fourth-order valence-electron chi connectivity index (χ4n) is 2.62. The van der Waals surface area contributed by atoms with Crippen molar-refractivity contribution >= 4 is 24.7 Å².